The van der Waals surface area contributed by atoms with Gasteiger partial charge in [-0.3, -0.25) is 9.69 Å². The maximum absolute atomic E-state index is 13.2. The van der Waals surface area contributed by atoms with E-state index >= 15 is 0 Å². The van der Waals surface area contributed by atoms with Gasteiger partial charge in [-0.15, -0.1) is 0 Å². The number of ether oxygens (including phenoxy) is 1. The Morgan fingerprint density at radius 1 is 1.24 bits per heavy atom. The van der Waals surface area contributed by atoms with Crippen LogP contribution in [0.5, 0.6) is 0 Å². The highest BCUT2D eigenvalue weighted by Gasteiger charge is 2.33. The van der Waals surface area contributed by atoms with E-state index < -0.39 is 28.9 Å². The van der Waals surface area contributed by atoms with Crippen LogP contribution in [0.15, 0.2) is 48.8 Å². The van der Waals surface area contributed by atoms with Crippen LogP contribution in [0.25, 0.3) is 0 Å². The van der Waals surface area contributed by atoms with E-state index in [1.165, 1.54) is 23.2 Å². The molecule has 1 atom stereocenters. The lowest BCUT2D eigenvalue weighted by molar-refractivity contribution is -0.138. The molecule has 0 saturated carbocycles. The summed E-state index contributed by atoms with van der Waals surface area (Å²) in [7, 11) is 0. The number of amides is 1. The number of carbonyl (C=O) groups excluding carboxylic acids is 1. The molecule has 1 unspecified atom stereocenters. The Kier molecular flexibility index (Phi) is 5.30. The van der Waals surface area contributed by atoms with Gasteiger partial charge >= 0.3 is 12.1 Å². The van der Waals surface area contributed by atoms with Crippen molar-refractivity contribution < 1.29 is 23.8 Å². The molecule has 1 aliphatic rings. The van der Waals surface area contributed by atoms with Gasteiger partial charge in [0.1, 0.15) is 11.4 Å². The summed E-state index contributed by atoms with van der Waals surface area (Å²) in [5, 5.41) is 9.33. The van der Waals surface area contributed by atoms with Crippen LogP contribution < -0.4 is 0 Å². The van der Waals surface area contributed by atoms with E-state index in [-0.39, 0.29) is 6.42 Å². The van der Waals surface area contributed by atoms with E-state index in [1.807, 2.05) is 0 Å². The van der Waals surface area contributed by atoms with Gasteiger partial charge < -0.3 is 9.84 Å². The van der Waals surface area contributed by atoms with Gasteiger partial charge in [0.05, 0.1) is 6.42 Å². The monoisotopic (exact) mass is 347 g/mol. The quantitative estimate of drug-likeness (QED) is 0.889. The summed E-state index contributed by atoms with van der Waals surface area (Å²) < 4.78 is 18.6. The van der Waals surface area contributed by atoms with Gasteiger partial charge in [0, 0.05) is 17.8 Å². The highest BCUT2D eigenvalue weighted by atomic mass is 19.1. The average Bonchev–Trinajstić information content (AvgIpc) is 2.69. The highest BCUT2D eigenvalue weighted by Crippen LogP contribution is 2.36. The van der Waals surface area contributed by atoms with Crippen molar-refractivity contribution >= 4 is 12.1 Å². The molecule has 2 rings (SSSR count). The Labute approximate surface area is 146 Å². The van der Waals surface area contributed by atoms with Gasteiger partial charge in [0.25, 0.3) is 0 Å². The number of hydrogen-bond acceptors (Lipinski definition) is 3. The second kappa shape index (κ2) is 7.09. The molecule has 1 N–H and O–H groups in total. The fraction of sp³-hybridized carbons (Fsp3) is 0.368. The van der Waals surface area contributed by atoms with Crippen molar-refractivity contribution in [3.8, 4) is 0 Å². The smallest absolute Gasteiger partial charge is 0.418 e. The van der Waals surface area contributed by atoms with Gasteiger partial charge in [-0.2, -0.15) is 0 Å². The third-order valence-corrected chi connectivity index (χ3v) is 3.79. The van der Waals surface area contributed by atoms with E-state index in [4.69, 9.17) is 4.74 Å². The predicted molar refractivity (Wildman–Crippen MR) is 91.3 cm³/mol. The van der Waals surface area contributed by atoms with E-state index in [9.17, 15) is 19.1 Å². The van der Waals surface area contributed by atoms with Crippen LogP contribution in [-0.2, 0) is 14.9 Å². The lowest BCUT2D eigenvalue weighted by Crippen LogP contribution is -2.31. The van der Waals surface area contributed by atoms with E-state index in [1.54, 1.807) is 51.3 Å². The summed E-state index contributed by atoms with van der Waals surface area (Å²) in [5.74, 6) is -1.37. The minimum Gasteiger partial charge on any atom is -0.481 e. The van der Waals surface area contributed by atoms with E-state index in [0.29, 0.717) is 12.0 Å². The Bertz CT molecular complexity index is 703. The lowest BCUT2D eigenvalue weighted by Gasteiger charge is -2.28. The average molecular weight is 347 g/mol. The summed E-state index contributed by atoms with van der Waals surface area (Å²) in [6, 6.07) is 5.74. The summed E-state index contributed by atoms with van der Waals surface area (Å²) in [6.07, 6.45) is 6.07. The van der Waals surface area contributed by atoms with Crippen molar-refractivity contribution in [1.29, 1.82) is 0 Å². The summed E-state index contributed by atoms with van der Waals surface area (Å²) in [4.78, 5) is 24.9. The van der Waals surface area contributed by atoms with Crippen molar-refractivity contribution in [3.05, 3.63) is 60.2 Å². The minimum absolute atomic E-state index is 0.179. The molecule has 0 radical (unpaired) electrons. The van der Waals surface area contributed by atoms with Crippen molar-refractivity contribution in [2.24, 2.45) is 0 Å². The molecular formula is C19H22FNO4. The number of carboxylic acids is 1. The lowest BCUT2D eigenvalue weighted by atomic mass is 9.75. The van der Waals surface area contributed by atoms with E-state index in [2.05, 4.69) is 0 Å². The molecule has 1 heterocycles. The standard InChI is InChI=1S/C19H22FNO4/c1-18(2,3)25-17(24)21-11-4-9-19(10-12-21,13-16(22)23)14-5-7-15(20)8-6-14/h4-8,10-12H,9,13H2,1-3H3,(H,22,23). The molecule has 6 heteroatoms. The minimum atomic E-state index is -0.979. The molecule has 5 nitrogen and oxygen atoms in total. The van der Waals surface area contributed by atoms with Crippen molar-refractivity contribution in [2.75, 3.05) is 0 Å². The first-order chi connectivity index (χ1) is 11.6. The van der Waals surface area contributed by atoms with Crippen LogP contribution in [0, 0.1) is 5.82 Å². The Hall–Kier alpha value is -2.63. The molecule has 1 amide bonds. The number of hydrogen-bond donors (Lipinski definition) is 1. The second-order valence-corrected chi connectivity index (χ2v) is 7.03. The van der Waals surface area contributed by atoms with E-state index in [0.717, 1.165) is 0 Å². The maximum Gasteiger partial charge on any atom is 0.418 e. The zero-order valence-electron chi connectivity index (χ0n) is 14.5. The summed E-state index contributed by atoms with van der Waals surface area (Å²) in [6.45, 7) is 5.30. The van der Waals surface area contributed by atoms with Crippen LogP contribution >= 0.6 is 0 Å². The molecule has 0 fully saturated rings. The van der Waals surface area contributed by atoms with Crippen LogP contribution in [-0.4, -0.2) is 27.7 Å². The molecule has 0 spiro atoms. The number of nitrogens with zero attached hydrogens (tertiary/aromatic N) is 1. The molecule has 0 aromatic heterocycles. The Balaban J connectivity index is 2.35. The van der Waals surface area contributed by atoms with Gasteiger partial charge in [-0.05, 0) is 44.9 Å². The van der Waals surface area contributed by atoms with Crippen molar-refractivity contribution in [1.82, 2.24) is 4.90 Å². The number of carbonyl (C=O) groups is 2. The van der Waals surface area contributed by atoms with Crippen LogP contribution in [0.4, 0.5) is 9.18 Å². The SMILES string of the molecule is CC(C)(C)OC(=O)N1C=CCC(CC(=O)O)(c2ccc(F)cc2)C=C1. The molecule has 25 heavy (non-hydrogen) atoms. The van der Waals surface area contributed by atoms with Gasteiger partial charge in [-0.25, -0.2) is 9.18 Å². The third-order valence-electron chi connectivity index (χ3n) is 3.79. The van der Waals surface area contributed by atoms with Gasteiger partial charge in [0.15, 0.2) is 0 Å². The van der Waals surface area contributed by atoms with Gasteiger partial charge in [0.2, 0.25) is 0 Å². The maximum atomic E-state index is 13.2. The topological polar surface area (TPSA) is 66.8 Å². The number of benzene rings is 1. The molecule has 0 saturated heterocycles. The summed E-state index contributed by atoms with van der Waals surface area (Å²) in [5.41, 5.74) is -0.837. The second-order valence-electron chi connectivity index (χ2n) is 7.03. The first kappa shape index (κ1) is 18.7. The van der Waals surface area contributed by atoms with Crippen LogP contribution in [0.3, 0.4) is 0 Å². The largest absolute Gasteiger partial charge is 0.481 e. The molecule has 0 aliphatic carbocycles. The molecule has 1 aliphatic heterocycles. The normalized spacial score (nSPS) is 20.2. The molecule has 1 aromatic carbocycles. The molecular weight excluding hydrogens is 325 g/mol. The number of rotatable bonds is 3. The zero-order valence-corrected chi connectivity index (χ0v) is 14.5. The number of halogens is 1. The van der Waals surface area contributed by atoms with Crippen molar-refractivity contribution in [2.45, 2.75) is 44.6 Å². The van der Waals surface area contributed by atoms with Crippen LogP contribution in [0.1, 0.15) is 39.2 Å². The Morgan fingerprint density at radius 2 is 1.88 bits per heavy atom. The summed E-state index contributed by atoms with van der Waals surface area (Å²) >= 11 is 0. The zero-order chi connectivity index (χ0) is 18.7. The highest BCUT2D eigenvalue weighted by molar-refractivity contribution is 5.72. The van der Waals surface area contributed by atoms with Crippen LogP contribution in [0.2, 0.25) is 0 Å². The fourth-order valence-corrected chi connectivity index (χ4v) is 2.65. The molecule has 1 aromatic rings. The Morgan fingerprint density at radius 3 is 2.44 bits per heavy atom. The molecule has 134 valence electrons. The predicted octanol–water partition coefficient (Wildman–Crippen LogP) is 4.21. The number of carboxylic acid groups (broad SMARTS) is 1. The van der Waals surface area contributed by atoms with Gasteiger partial charge in [-0.1, -0.05) is 24.3 Å². The molecule has 0 bridgehead atoms. The fourth-order valence-electron chi connectivity index (χ4n) is 2.65. The first-order valence-corrected chi connectivity index (χ1v) is 7.96. The number of aliphatic carboxylic acids is 1. The third kappa shape index (κ3) is 4.92. The first-order valence-electron chi connectivity index (χ1n) is 7.96. The van der Waals surface area contributed by atoms with Crippen molar-refractivity contribution in [3.63, 3.8) is 0 Å². The number of allylic oxidation sites excluding steroid dienone is 2.